The maximum Gasteiger partial charge on any atom is 0.152 e. The van der Waals surface area contributed by atoms with E-state index in [0.717, 1.165) is 79.6 Å². The first kappa shape index (κ1) is 22.5. The number of nitrogen functional groups attached to an aromatic ring is 1. The third kappa shape index (κ3) is 5.09. The number of hydrazine groups is 1. The molecule has 0 fully saturated rings. The number of anilines is 1. The second-order valence-electron chi connectivity index (χ2n) is 8.46. The van der Waals surface area contributed by atoms with Crippen LogP contribution in [0.15, 0.2) is 24.3 Å². The molecule has 2 N–H and O–H groups in total. The van der Waals surface area contributed by atoms with Crippen LogP contribution in [0.2, 0.25) is 0 Å². The molecule has 0 unspecified atom stereocenters. The topological polar surface area (TPSA) is 66.5 Å². The summed E-state index contributed by atoms with van der Waals surface area (Å²) in [5.41, 5.74) is 9.23. The number of nitrogens with two attached hydrogens (primary N) is 1. The molecule has 30 heavy (non-hydrogen) atoms. The maximum absolute atomic E-state index is 6.30. The van der Waals surface area contributed by atoms with Gasteiger partial charge in [0.05, 0.1) is 17.7 Å². The molecule has 0 bridgehead atoms. The predicted molar refractivity (Wildman–Crippen MR) is 126 cm³/mol. The second-order valence-corrected chi connectivity index (χ2v) is 8.46. The summed E-state index contributed by atoms with van der Waals surface area (Å²) in [6, 6.07) is 8.25. The zero-order valence-corrected chi connectivity index (χ0v) is 19.2. The van der Waals surface area contributed by atoms with Gasteiger partial charge in [0.2, 0.25) is 0 Å². The largest absolute Gasteiger partial charge is 0.382 e. The van der Waals surface area contributed by atoms with E-state index in [2.05, 4.69) is 71.7 Å². The minimum absolute atomic E-state index is 0.533. The summed E-state index contributed by atoms with van der Waals surface area (Å²) in [5, 5.41) is 5.68. The Labute approximate surface area is 180 Å². The summed E-state index contributed by atoms with van der Waals surface area (Å²) in [7, 11) is 8.48. The number of aryl methyl sites for hydroxylation is 2. The summed E-state index contributed by atoms with van der Waals surface area (Å²) in [5.74, 6) is 1.67. The summed E-state index contributed by atoms with van der Waals surface area (Å²) in [6.07, 6.45) is 5.48. The van der Waals surface area contributed by atoms with E-state index in [1.165, 1.54) is 0 Å². The second kappa shape index (κ2) is 10.2. The average Bonchev–Trinajstić information content (AvgIpc) is 3.08. The molecule has 3 aromatic rings. The molecule has 0 saturated carbocycles. The molecular weight excluding hydrogens is 374 g/mol. The van der Waals surface area contributed by atoms with Crippen LogP contribution in [0.25, 0.3) is 21.9 Å². The van der Waals surface area contributed by atoms with E-state index in [0.29, 0.717) is 5.82 Å². The monoisotopic (exact) mass is 411 g/mol. The molecule has 2 heterocycles. The van der Waals surface area contributed by atoms with Gasteiger partial charge in [-0.2, -0.15) is 0 Å². The molecule has 0 amide bonds. The molecule has 7 heteroatoms. The van der Waals surface area contributed by atoms with E-state index in [1.54, 1.807) is 0 Å². The number of hydrogen-bond donors (Lipinski definition) is 1. The van der Waals surface area contributed by atoms with Crippen molar-refractivity contribution >= 4 is 27.8 Å². The van der Waals surface area contributed by atoms with Crippen molar-refractivity contribution in [3.63, 3.8) is 0 Å². The van der Waals surface area contributed by atoms with Crippen LogP contribution in [-0.2, 0) is 13.0 Å². The SMILES string of the molecule is CCCCc1nc2c(N)nc3ccccc3c2n1CCCCN(C)N(C)CN(C)C. The lowest BCUT2D eigenvalue weighted by Crippen LogP contribution is -2.42. The molecular formula is C23H37N7. The van der Waals surface area contributed by atoms with Crippen LogP contribution < -0.4 is 5.73 Å². The van der Waals surface area contributed by atoms with Crippen molar-refractivity contribution < 1.29 is 0 Å². The van der Waals surface area contributed by atoms with Crippen molar-refractivity contribution in [1.82, 2.24) is 29.5 Å². The van der Waals surface area contributed by atoms with Gasteiger partial charge < -0.3 is 10.3 Å². The van der Waals surface area contributed by atoms with E-state index < -0.39 is 0 Å². The average molecular weight is 412 g/mol. The molecule has 2 aromatic heterocycles. The van der Waals surface area contributed by atoms with Crippen LogP contribution in [-0.4, -0.2) is 70.9 Å². The standard InChI is InChI=1S/C23H37N7/c1-6-7-14-20-26-21-22(18-12-8-9-13-19(18)25-23(21)24)30(20)16-11-10-15-28(4)29(5)17-27(2)3/h8-9,12-13H,6-7,10-11,14-17H2,1-5H3,(H2,24,25). The Morgan fingerprint density at radius 2 is 1.73 bits per heavy atom. The number of aromatic nitrogens is 3. The molecule has 1 aromatic carbocycles. The Hall–Kier alpha value is -2.22. The lowest BCUT2D eigenvalue weighted by molar-refractivity contribution is -0.00980. The highest BCUT2D eigenvalue weighted by molar-refractivity contribution is 6.06. The highest BCUT2D eigenvalue weighted by Gasteiger charge is 2.17. The molecule has 0 atom stereocenters. The zero-order chi connectivity index (χ0) is 21.7. The molecule has 0 aliphatic rings. The van der Waals surface area contributed by atoms with Crippen LogP contribution >= 0.6 is 0 Å². The third-order valence-electron chi connectivity index (χ3n) is 5.63. The van der Waals surface area contributed by atoms with Gasteiger partial charge in [-0.25, -0.2) is 20.0 Å². The van der Waals surface area contributed by atoms with Gasteiger partial charge in [0.15, 0.2) is 5.82 Å². The molecule has 3 rings (SSSR count). The first-order chi connectivity index (χ1) is 14.4. The Bertz CT molecular complexity index is 963. The lowest BCUT2D eigenvalue weighted by atomic mass is 10.2. The number of pyridine rings is 1. The maximum atomic E-state index is 6.30. The first-order valence-corrected chi connectivity index (χ1v) is 11.0. The molecule has 7 nitrogen and oxygen atoms in total. The fraction of sp³-hybridized carbons (Fsp3) is 0.565. The Balaban J connectivity index is 1.81. The van der Waals surface area contributed by atoms with Gasteiger partial charge in [-0.05, 0) is 39.4 Å². The lowest BCUT2D eigenvalue weighted by Gasteiger charge is -2.30. The van der Waals surface area contributed by atoms with E-state index in [1.807, 2.05) is 12.1 Å². The van der Waals surface area contributed by atoms with Crippen LogP contribution in [0.4, 0.5) is 5.82 Å². The number of hydrogen-bond acceptors (Lipinski definition) is 6. The van der Waals surface area contributed by atoms with Gasteiger partial charge in [0, 0.05) is 39.0 Å². The zero-order valence-electron chi connectivity index (χ0n) is 19.2. The fourth-order valence-corrected chi connectivity index (χ4v) is 3.97. The normalized spacial score (nSPS) is 12.3. The number of nitrogens with zero attached hydrogens (tertiary/aromatic N) is 6. The highest BCUT2D eigenvalue weighted by Crippen LogP contribution is 2.29. The summed E-state index contributed by atoms with van der Waals surface area (Å²) >= 11 is 0. The Kier molecular flexibility index (Phi) is 7.64. The summed E-state index contributed by atoms with van der Waals surface area (Å²) in [4.78, 5) is 11.7. The van der Waals surface area contributed by atoms with Crippen molar-refractivity contribution in [2.24, 2.45) is 0 Å². The Morgan fingerprint density at radius 1 is 0.967 bits per heavy atom. The quantitative estimate of drug-likeness (QED) is 0.295. The smallest absolute Gasteiger partial charge is 0.152 e. The van der Waals surface area contributed by atoms with Gasteiger partial charge in [-0.1, -0.05) is 31.5 Å². The van der Waals surface area contributed by atoms with Crippen molar-refractivity contribution in [1.29, 1.82) is 0 Å². The molecule has 0 saturated heterocycles. The summed E-state index contributed by atoms with van der Waals surface area (Å²) < 4.78 is 2.40. The van der Waals surface area contributed by atoms with E-state index in [-0.39, 0.29) is 0 Å². The van der Waals surface area contributed by atoms with E-state index >= 15 is 0 Å². The fourth-order valence-electron chi connectivity index (χ4n) is 3.97. The van der Waals surface area contributed by atoms with Crippen LogP contribution in [0, 0.1) is 0 Å². The van der Waals surface area contributed by atoms with Gasteiger partial charge in [-0.15, -0.1) is 0 Å². The first-order valence-electron chi connectivity index (χ1n) is 11.0. The van der Waals surface area contributed by atoms with Crippen molar-refractivity contribution in [2.75, 3.05) is 47.1 Å². The summed E-state index contributed by atoms with van der Waals surface area (Å²) in [6.45, 7) is 5.13. The van der Waals surface area contributed by atoms with Crippen LogP contribution in [0.3, 0.4) is 0 Å². The predicted octanol–water partition coefficient (Wildman–Crippen LogP) is 3.59. The number of imidazole rings is 1. The third-order valence-corrected chi connectivity index (χ3v) is 5.63. The molecule has 164 valence electrons. The number of fused-ring (bicyclic) bond motifs is 3. The minimum atomic E-state index is 0.533. The molecule has 0 aliphatic heterocycles. The van der Waals surface area contributed by atoms with Crippen molar-refractivity contribution in [3.05, 3.63) is 30.1 Å². The van der Waals surface area contributed by atoms with Gasteiger partial charge >= 0.3 is 0 Å². The van der Waals surface area contributed by atoms with Gasteiger partial charge in [0.25, 0.3) is 0 Å². The molecule has 0 radical (unpaired) electrons. The molecule has 0 spiro atoms. The number of rotatable bonds is 11. The van der Waals surface area contributed by atoms with E-state index in [4.69, 9.17) is 10.7 Å². The molecule has 0 aliphatic carbocycles. The van der Waals surface area contributed by atoms with Crippen LogP contribution in [0.1, 0.15) is 38.4 Å². The minimum Gasteiger partial charge on any atom is -0.382 e. The van der Waals surface area contributed by atoms with Gasteiger partial charge in [-0.3, -0.25) is 4.90 Å². The number of benzene rings is 1. The van der Waals surface area contributed by atoms with Gasteiger partial charge in [0.1, 0.15) is 11.3 Å². The number of unbranched alkanes of at least 4 members (excludes halogenated alkanes) is 2. The van der Waals surface area contributed by atoms with Crippen molar-refractivity contribution in [2.45, 2.75) is 45.6 Å². The van der Waals surface area contributed by atoms with Crippen molar-refractivity contribution in [3.8, 4) is 0 Å². The van der Waals surface area contributed by atoms with Crippen LogP contribution in [0.5, 0.6) is 0 Å². The number of para-hydroxylation sites is 1. The highest BCUT2D eigenvalue weighted by atomic mass is 15.6. The Morgan fingerprint density at radius 3 is 2.47 bits per heavy atom. The van der Waals surface area contributed by atoms with E-state index in [9.17, 15) is 0 Å².